The predicted octanol–water partition coefficient (Wildman–Crippen LogP) is 4.30. The summed E-state index contributed by atoms with van der Waals surface area (Å²) < 4.78 is 5.45. The molecule has 0 bridgehead atoms. The molecule has 0 unspecified atom stereocenters. The fourth-order valence-corrected chi connectivity index (χ4v) is 2.13. The SMILES string of the molecule is CCOc1ccccc1C(=O)Nc1ccc(C)cc1Cl. The average Bonchev–Trinajstić information content (AvgIpc) is 2.43. The van der Waals surface area contributed by atoms with Gasteiger partial charge < -0.3 is 10.1 Å². The number of hydrogen-bond donors (Lipinski definition) is 1. The number of hydrogen-bond acceptors (Lipinski definition) is 2. The Morgan fingerprint density at radius 2 is 2.00 bits per heavy atom. The molecule has 1 amide bonds. The molecule has 1 N–H and O–H groups in total. The molecule has 0 spiro atoms. The van der Waals surface area contributed by atoms with Crippen LogP contribution in [0, 0.1) is 6.92 Å². The first-order valence-electron chi connectivity index (χ1n) is 6.41. The number of aryl methyl sites for hydroxylation is 1. The van der Waals surface area contributed by atoms with Crippen LogP contribution in [0.1, 0.15) is 22.8 Å². The Morgan fingerprint density at radius 1 is 1.25 bits per heavy atom. The normalized spacial score (nSPS) is 10.2. The Balaban J connectivity index is 2.24. The summed E-state index contributed by atoms with van der Waals surface area (Å²) >= 11 is 6.12. The molecule has 0 heterocycles. The summed E-state index contributed by atoms with van der Waals surface area (Å²) in [6.07, 6.45) is 0. The van der Waals surface area contributed by atoms with Gasteiger partial charge in [0.2, 0.25) is 0 Å². The lowest BCUT2D eigenvalue weighted by Crippen LogP contribution is -2.14. The minimum Gasteiger partial charge on any atom is -0.493 e. The van der Waals surface area contributed by atoms with Crippen LogP contribution in [-0.2, 0) is 0 Å². The maximum absolute atomic E-state index is 12.3. The van der Waals surface area contributed by atoms with Crippen LogP contribution in [0.5, 0.6) is 5.75 Å². The minimum absolute atomic E-state index is 0.236. The molecule has 3 nitrogen and oxygen atoms in total. The Hall–Kier alpha value is -2.00. The van der Waals surface area contributed by atoms with E-state index in [1.807, 2.05) is 32.0 Å². The van der Waals surface area contributed by atoms with Crippen LogP contribution in [0.2, 0.25) is 5.02 Å². The van der Waals surface area contributed by atoms with Crippen LogP contribution in [0.3, 0.4) is 0 Å². The summed E-state index contributed by atoms with van der Waals surface area (Å²) in [5.41, 5.74) is 2.13. The molecular weight excluding hydrogens is 274 g/mol. The van der Waals surface area contributed by atoms with Crippen molar-refractivity contribution in [3.8, 4) is 5.75 Å². The molecule has 0 aliphatic carbocycles. The van der Waals surface area contributed by atoms with Gasteiger partial charge in [-0.05, 0) is 43.7 Å². The molecule has 0 atom stereocenters. The molecule has 0 saturated carbocycles. The van der Waals surface area contributed by atoms with Gasteiger partial charge in [0.1, 0.15) is 5.75 Å². The third kappa shape index (κ3) is 3.31. The van der Waals surface area contributed by atoms with Gasteiger partial charge in [0, 0.05) is 0 Å². The fraction of sp³-hybridized carbons (Fsp3) is 0.188. The summed E-state index contributed by atoms with van der Waals surface area (Å²) in [6.45, 7) is 4.34. The maximum Gasteiger partial charge on any atom is 0.259 e. The van der Waals surface area contributed by atoms with Crippen molar-refractivity contribution < 1.29 is 9.53 Å². The van der Waals surface area contributed by atoms with Crippen molar-refractivity contribution in [1.29, 1.82) is 0 Å². The Kier molecular flexibility index (Phi) is 4.64. The zero-order valence-corrected chi connectivity index (χ0v) is 12.2. The zero-order chi connectivity index (χ0) is 14.5. The van der Waals surface area contributed by atoms with Crippen molar-refractivity contribution in [2.24, 2.45) is 0 Å². The Bertz CT molecular complexity index is 626. The van der Waals surface area contributed by atoms with Crippen molar-refractivity contribution in [3.63, 3.8) is 0 Å². The first kappa shape index (κ1) is 14.4. The van der Waals surface area contributed by atoms with Crippen molar-refractivity contribution in [3.05, 3.63) is 58.6 Å². The van der Waals surface area contributed by atoms with E-state index in [0.29, 0.717) is 28.6 Å². The first-order valence-corrected chi connectivity index (χ1v) is 6.79. The molecule has 2 aromatic rings. The van der Waals surface area contributed by atoms with Crippen LogP contribution < -0.4 is 10.1 Å². The molecule has 4 heteroatoms. The summed E-state index contributed by atoms with van der Waals surface area (Å²) in [5.74, 6) is 0.329. The van der Waals surface area contributed by atoms with E-state index >= 15 is 0 Å². The van der Waals surface area contributed by atoms with E-state index in [-0.39, 0.29) is 5.91 Å². The quantitative estimate of drug-likeness (QED) is 0.911. The number of amides is 1. The smallest absolute Gasteiger partial charge is 0.259 e. The van der Waals surface area contributed by atoms with Gasteiger partial charge >= 0.3 is 0 Å². The monoisotopic (exact) mass is 289 g/mol. The number of nitrogens with one attached hydrogen (secondary N) is 1. The Labute approximate surface area is 123 Å². The second-order valence-corrected chi connectivity index (χ2v) is 4.77. The van der Waals surface area contributed by atoms with Gasteiger partial charge in [0.05, 0.1) is 22.9 Å². The molecule has 2 rings (SSSR count). The van der Waals surface area contributed by atoms with E-state index in [4.69, 9.17) is 16.3 Å². The lowest BCUT2D eigenvalue weighted by atomic mass is 10.1. The van der Waals surface area contributed by atoms with Crippen LogP contribution in [-0.4, -0.2) is 12.5 Å². The van der Waals surface area contributed by atoms with E-state index in [2.05, 4.69) is 5.32 Å². The van der Waals surface area contributed by atoms with Gasteiger partial charge in [-0.25, -0.2) is 0 Å². The number of halogens is 1. The molecule has 104 valence electrons. The second kappa shape index (κ2) is 6.44. The summed E-state index contributed by atoms with van der Waals surface area (Å²) in [7, 11) is 0. The van der Waals surface area contributed by atoms with Crippen LogP contribution in [0.4, 0.5) is 5.69 Å². The maximum atomic E-state index is 12.3. The molecule has 20 heavy (non-hydrogen) atoms. The summed E-state index contributed by atoms with van der Waals surface area (Å²) in [6, 6.07) is 12.6. The average molecular weight is 290 g/mol. The number of carbonyl (C=O) groups is 1. The number of carbonyl (C=O) groups excluding carboxylic acids is 1. The van der Waals surface area contributed by atoms with Crippen LogP contribution in [0.25, 0.3) is 0 Å². The highest BCUT2D eigenvalue weighted by Gasteiger charge is 2.13. The molecule has 0 aromatic heterocycles. The molecule has 0 fully saturated rings. The highest BCUT2D eigenvalue weighted by molar-refractivity contribution is 6.34. The minimum atomic E-state index is -0.236. The van der Waals surface area contributed by atoms with Crippen molar-refractivity contribution in [2.45, 2.75) is 13.8 Å². The highest BCUT2D eigenvalue weighted by Crippen LogP contribution is 2.25. The fourth-order valence-electron chi connectivity index (χ4n) is 1.85. The number of rotatable bonds is 4. The second-order valence-electron chi connectivity index (χ2n) is 4.37. The van der Waals surface area contributed by atoms with Crippen molar-refractivity contribution >= 4 is 23.2 Å². The Morgan fingerprint density at radius 3 is 2.70 bits per heavy atom. The third-order valence-corrected chi connectivity index (χ3v) is 3.12. The zero-order valence-electron chi connectivity index (χ0n) is 11.4. The number of anilines is 1. The summed E-state index contributed by atoms with van der Waals surface area (Å²) in [5, 5.41) is 3.32. The molecular formula is C16H16ClNO2. The van der Waals surface area contributed by atoms with Gasteiger partial charge in [0.15, 0.2) is 0 Å². The molecule has 0 saturated heterocycles. The van der Waals surface area contributed by atoms with Crippen molar-refractivity contribution in [2.75, 3.05) is 11.9 Å². The number of ether oxygens (including phenoxy) is 1. The van der Waals surface area contributed by atoms with Crippen LogP contribution >= 0.6 is 11.6 Å². The van der Waals surface area contributed by atoms with Crippen LogP contribution in [0.15, 0.2) is 42.5 Å². The highest BCUT2D eigenvalue weighted by atomic mass is 35.5. The first-order chi connectivity index (χ1) is 9.61. The number of para-hydroxylation sites is 1. The summed E-state index contributed by atoms with van der Waals surface area (Å²) in [4.78, 5) is 12.3. The van der Waals surface area contributed by atoms with Gasteiger partial charge in [0.25, 0.3) is 5.91 Å². The largest absolute Gasteiger partial charge is 0.493 e. The molecule has 0 aliphatic heterocycles. The van der Waals surface area contributed by atoms with E-state index in [0.717, 1.165) is 5.56 Å². The van der Waals surface area contributed by atoms with E-state index in [9.17, 15) is 4.79 Å². The van der Waals surface area contributed by atoms with E-state index in [1.54, 1.807) is 24.3 Å². The third-order valence-electron chi connectivity index (χ3n) is 2.80. The van der Waals surface area contributed by atoms with Crippen molar-refractivity contribution in [1.82, 2.24) is 0 Å². The predicted molar refractivity (Wildman–Crippen MR) is 81.8 cm³/mol. The number of benzene rings is 2. The van der Waals surface area contributed by atoms with E-state index < -0.39 is 0 Å². The lowest BCUT2D eigenvalue weighted by molar-refractivity contribution is 0.102. The van der Waals surface area contributed by atoms with E-state index in [1.165, 1.54) is 0 Å². The lowest BCUT2D eigenvalue weighted by Gasteiger charge is -2.11. The molecule has 2 aromatic carbocycles. The van der Waals surface area contributed by atoms with Gasteiger partial charge in [-0.15, -0.1) is 0 Å². The van der Waals surface area contributed by atoms with Gasteiger partial charge in [-0.3, -0.25) is 4.79 Å². The van der Waals surface area contributed by atoms with Gasteiger partial charge in [-0.1, -0.05) is 29.8 Å². The van der Waals surface area contributed by atoms with Gasteiger partial charge in [-0.2, -0.15) is 0 Å². The topological polar surface area (TPSA) is 38.3 Å². The molecule has 0 radical (unpaired) electrons. The molecule has 0 aliphatic rings. The standard InChI is InChI=1S/C16H16ClNO2/c1-3-20-15-7-5-4-6-12(15)16(19)18-14-9-8-11(2)10-13(14)17/h4-10H,3H2,1-2H3,(H,18,19).